The van der Waals surface area contributed by atoms with Crippen LogP contribution in [-0.4, -0.2) is 15.2 Å². The lowest BCUT2D eigenvalue weighted by molar-refractivity contribution is 0.730. The third kappa shape index (κ3) is 6.27. The maximum Gasteiger partial charge on any atom is 0.242 e. The van der Waals surface area contributed by atoms with E-state index in [0.717, 1.165) is 5.92 Å². The Labute approximate surface area is 58.7 Å². The average molecular weight is 126 g/mol. The third-order valence-corrected chi connectivity index (χ3v) is 3.57. The maximum atomic E-state index is 3.69. The van der Waals surface area contributed by atoms with Gasteiger partial charge in [-0.2, -0.15) is 0 Å². The van der Waals surface area contributed by atoms with E-state index in [9.17, 15) is 0 Å². The lowest BCUT2D eigenvalue weighted by Crippen LogP contribution is -1.92. The predicted octanol–water partition coefficient (Wildman–Crippen LogP) is 2.10. The Bertz CT molecular complexity index is 57.4. The zero-order valence-electron chi connectivity index (χ0n) is 5.98. The minimum Gasteiger partial charge on any atom is -0.105 e. The standard InChI is InChI=1S/C4H9.C3H5.Al.H/c1-4(2)3;1-3-2;;/h4H,1H2,2-3H3;3H,1-2H2;;. The second-order valence-corrected chi connectivity index (χ2v) is 4.48. The van der Waals surface area contributed by atoms with Gasteiger partial charge in [-0.3, -0.25) is 0 Å². The molecule has 0 spiro atoms. The van der Waals surface area contributed by atoms with Gasteiger partial charge in [-0.05, 0) is 0 Å². The summed E-state index contributed by atoms with van der Waals surface area (Å²) in [4.78, 5) is 0. The first-order chi connectivity index (χ1) is 3.77. The molecule has 0 aromatic carbocycles. The highest BCUT2D eigenvalue weighted by Crippen LogP contribution is 1.99. The van der Waals surface area contributed by atoms with Crippen molar-refractivity contribution in [2.45, 2.75) is 24.4 Å². The largest absolute Gasteiger partial charge is 0.242 e. The first-order valence-corrected chi connectivity index (χ1v) is 5.38. The molecular formula is C7H15Al. The number of rotatable bonds is 4. The first kappa shape index (κ1) is 8.27. The molecule has 0 atom stereocenters. The summed E-state index contributed by atoms with van der Waals surface area (Å²) < 4.78 is 0. The second kappa shape index (κ2) is 5.41. The van der Waals surface area contributed by atoms with E-state index in [1.165, 1.54) is 10.6 Å². The van der Waals surface area contributed by atoms with Gasteiger partial charge in [0.25, 0.3) is 0 Å². The average Bonchev–Trinajstić information content (AvgIpc) is 1.66. The molecule has 0 heterocycles. The van der Waals surface area contributed by atoms with E-state index >= 15 is 0 Å². The molecule has 8 heavy (non-hydrogen) atoms. The van der Waals surface area contributed by atoms with Crippen molar-refractivity contribution in [3.8, 4) is 0 Å². The summed E-state index contributed by atoms with van der Waals surface area (Å²) in [6, 6.07) is 0. The Morgan fingerprint density at radius 3 is 2.62 bits per heavy atom. The third-order valence-electron chi connectivity index (χ3n) is 1.19. The quantitative estimate of drug-likeness (QED) is 0.307. The first-order valence-electron chi connectivity index (χ1n) is 3.38. The molecule has 0 aliphatic carbocycles. The lowest BCUT2D eigenvalue weighted by atomic mass is 10.3. The molecule has 1 heteroatoms. The van der Waals surface area contributed by atoms with Gasteiger partial charge in [-0.1, -0.05) is 30.3 Å². The highest BCUT2D eigenvalue weighted by Gasteiger charge is 1.93. The molecule has 0 nitrogen and oxygen atoms in total. The maximum absolute atomic E-state index is 3.69. The van der Waals surface area contributed by atoms with Crippen molar-refractivity contribution in [1.29, 1.82) is 0 Å². The molecule has 0 bridgehead atoms. The van der Waals surface area contributed by atoms with Crippen molar-refractivity contribution in [2.75, 3.05) is 0 Å². The summed E-state index contributed by atoms with van der Waals surface area (Å²) in [7, 11) is 0. The molecule has 0 aliphatic rings. The second-order valence-electron chi connectivity index (χ2n) is 2.61. The molecule has 0 rings (SSSR count). The number of hydrogen-bond donors (Lipinski definition) is 0. The fraction of sp³-hybridized carbons (Fsp3) is 0.714. The van der Waals surface area contributed by atoms with Crippen molar-refractivity contribution < 1.29 is 0 Å². The normalized spacial score (nSPS) is 9.38. The van der Waals surface area contributed by atoms with Crippen molar-refractivity contribution in [3.63, 3.8) is 0 Å². The topological polar surface area (TPSA) is 0 Å². The van der Waals surface area contributed by atoms with Gasteiger partial charge in [0.05, 0.1) is 0 Å². The highest BCUT2D eigenvalue weighted by molar-refractivity contribution is 6.36. The van der Waals surface area contributed by atoms with E-state index in [1.54, 1.807) is 0 Å². The Hall–Kier alpha value is 0.272. The van der Waals surface area contributed by atoms with Gasteiger partial charge in [0.15, 0.2) is 0 Å². The van der Waals surface area contributed by atoms with Crippen LogP contribution in [0, 0.1) is 5.92 Å². The van der Waals surface area contributed by atoms with Crippen LogP contribution in [0.4, 0.5) is 0 Å². The molecule has 0 aliphatic heterocycles. The minimum atomic E-state index is 0.246. The molecule has 0 amide bonds. The molecule has 46 valence electrons. The van der Waals surface area contributed by atoms with E-state index in [-0.39, 0.29) is 15.2 Å². The van der Waals surface area contributed by atoms with Gasteiger partial charge in [0.2, 0.25) is 15.2 Å². The van der Waals surface area contributed by atoms with Gasteiger partial charge in [-0.25, -0.2) is 0 Å². The highest BCUT2D eigenvalue weighted by atomic mass is 27.1. The smallest absolute Gasteiger partial charge is 0.105 e. The van der Waals surface area contributed by atoms with E-state index in [1.807, 2.05) is 0 Å². The molecule has 0 aromatic rings. The molecule has 0 saturated carbocycles. The van der Waals surface area contributed by atoms with Crippen LogP contribution in [0.15, 0.2) is 12.7 Å². The van der Waals surface area contributed by atoms with E-state index in [2.05, 4.69) is 26.5 Å². The molecule has 0 saturated heterocycles. The van der Waals surface area contributed by atoms with E-state index < -0.39 is 0 Å². The summed E-state index contributed by atoms with van der Waals surface area (Å²) in [6.07, 6.45) is 2.05. The zero-order chi connectivity index (χ0) is 6.41. The van der Waals surface area contributed by atoms with Gasteiger partial charge >= 0.3 is 0 Å². The summed E-state index contributed by atoms with van der Waals surface area (Å²) >= 11 is 0.246. The fourth-order valence-electron chi connectivity index (χ4n) is 0.670. The van der Waals surface area contributed by atoms with Crippen LogP contribution in [0.1, 0.15) is 13.8 Å². The Balaban J connectivity index is 2.81. The summed E-state index contributed by atoms with van der Waals surface area (Å²) in [6.45, 7) is 8.27. The number of allylic oxidation sites excluding steroid dienone is 1. The van der Waals surface area contributed by atoms with Gasteiger partial charge in [0.1, 0.15) is 0 Å². The lowest BCUT2D eigenvalue weighted by Gasteiger charge is -1.97. The molecule has 0 unspecified atom stereocenters. The SMILES string of the molecule is C=C[CH2][AlH][CH2]C(C)C. The van der Waals surface area contributed by atoms with Gasteiger partial charge in [-0.15, -0.1) is 12.7 Å². The summed E-state index contributed by atoms with van der Waals surface area (Å²) in [5.41, 5.74) is 0. The Morgan fingerprint density at radius 1 is 1.62 bits per heavy atom. The monoisotopic (exact) mass is 126 g/mol. The van der Waals surface area contributed by atoms with Crippen LogP contribution in [0.5, 0.6) is 0 Å². The van der Waals surface area contributed by atoms with Crippen molar-refractivity contribution >= 4 is 15.2 Å². The van der Waals surface area contributed by atoms with Crippen LogP contribution in [0.25, 0.3) is 0 Å². The zero-order valence-corrected chi connectivity index (χ0v) is 7.40. The van der Waals surface area contributed by atoms with Gasteiger partial charge in [0, 0.05) is 0 Å². The van der Waals surface area contributed by atoms with Crippen LogP contribution < -0.4 is 0 Å². The van der Waals surface area contributed by atoms with Crippen molar-refractivity contribution in [3.05, 3.63) is 12.7 Å². The minimum absolute atomic E-state index is 0.246. The Morgan fingerprint density at radius 2 is 2.25 bits per heavy atom. The predicted molar refractivity (Wildman–Crippen MR) is 41.8 cm³/mol. The summed E-state index contributed by atoms with van der Waals surface area (Å²) in [5, 5.41) is 2.80. The number of hydrogen-bond acceptors (Lipinski definition) is 0. The molecule has 0 radical (unpaired) electrons. The van der Waals surface area contributed by atoms with Crippen molar-refractivity contribution in [2.24, 2.45) is 5.92 Å². The molecule has 0 N–H and O–H groups in total. The van der Waals surface area contributed by atoms with Gasteiger partial charge < -0.3 is 0 Å². The van der Waals surface area contributed by atoms with Crippen molar-refractivity contribution in [1.82, 2.24) is 0 Å². The molecular weight excluding hydrogens is 111 g/mol. The van der Waals surface area contributed by atoms with Crippen LogP contribution in [0.2, 0.25) is 10.6 Å². The Kier molecular flexibility index (Phi) is 5.59. The molecule has 0 fully saturated rings. The van der Waals surface area contributed by atoms with Crippen LogP contribution >= 0.6 is 0 Å². The fourth-order valence-corrected chi connectivity index (χ4v) is 2.01. The van der Waals surface area contributed by atoms with E-state index in [4.69, 9.17) is 0 Å². The van der Waals surface area contributed by atoms with Crippen LogP contribution in [-0.2, 0) is 0 Å². The molecule has 0 aromatic heterocycles. The van der Waals surface area contributed by atoms with Crippen LogP contribution in [0.3, 0.4) is 0 Å². The summed E-state index contributed by atoms with van der Waals surface area (Å²) in [5.74, 6) is 0.918. The van der Waals surface area contributed by atoms with E-state index in [0.29, 0.717) is 0 Å².